The number of unbranched alkanes of at least 4 members (excludes halogenated alkanes) is 1. The Hall–Kier alpha value is -1.25. The second-order valence-electron chi connectivity index (χ2n) is 17.7. The number of hydrogen-bond acceptors (Lipinski definition) is 9. The third kappa shape index (κ3) is 5.70. The molecule has 0 aromatic carbocycles. The molecule has 2 spiro atoms. The van der Waals surface area contributed by atoms with Crippen molar-refractivity contribution >= 4 is 0 Å². The number of halogens is 3. The molecule has 51 heavy (non-hydrogen) atoms. The van der Waals surface area contributed by atoms with Crippen molar-refractivity contribution in [3.05, 3.63) is 24.0 Å². The molecule has 0 aromatic heterocycles. The van der Waals surface area contributed by atoms with Crippen LogP contribution in [0.15, 0.2) is 24.0 Å². The van der Waals surface area contributed by atoms with Gasteiger partial charge in [-0.3, -0.25) is 4.90 Å². The lowest BCUT2D eigenvalue weighted by Gasteiger charge is -2.62. The molecule has 8 fully saturated rings. The zero-order valence-corrected chi connectivity index (χ0v) is 31.2. The fraction of sp³-hybridized carbons (Fsp3) is 0.897. The summed E-state index contributed by atoms with van der Waals surface area (Å²) < 4.78 is 82.8. The van der Waals surface area contributed by atoms with Gasteiger partial charge in [-0.2, -0.15) is 13.2 Å². The maximum absolute atomic E-state index is 14.7. The van der Waals surface area contributed by atoms with Crippen LogP contribution in [-0.4, -0.2) is 78.5 Å². The van der Waals surface area contributed by atoms with Gasteiger partial charge in [0.1, 0.15) is 5.60 Å². The Morgan fingerprint density at radius 1 is 0.824 bits per heavy atom. The molecule has 6 saturated heterocycles. The van der Waals surface area contributed by atoms with Gasteiger partial charge < -0.3 is 28.4 Å². The summed E-state index contributed by atoms with van der Waals surface area (Å²) in [7, 11) is 0. The average Bonchev–Trinajstić information content (AvgIpc) is 3.13. The summed E-state index contributed by atoms with van der Waals surface area (Å²) in [5.74, 6) is -2.67. The van der Waals surface area contributed by atoms with Crippen molar-refractivity contribution in [2.45, 2.75) is 153 Å². The first-order valence-corrected chi connectivity index (χ1v) is 19.6. The topological polar surface area (TPSA) is 77.1 Å². The van der Waals surface area contributed by atoms with Gasteiger partial charge in [0, 0.05) is 43.7 Å². The van der Waals surface area contributed by atoms with Crippen LogP contribution in [0.2, 0.25) is 0 Å². The van der Waals surface area contributed by atoms with Crippen molar-refractivity contribution in [1.29, 1.82) is 0 Å². The fourth-order valence-electron chi connectivity index (χ4n) is 11.8. The van der Waals surface area contributed by atoms with E-state index in [2.05, 4.69) is 27.4 Å². The lowest BCUT2D eigenvalue weighted by Crippen LogP contribution is -2.72. The van der Waals surface area contributed by atoms with E-state index in [1.165, 1.54) is 0 Å². The monoisotopic (exact) mass is 725 g/mol. The van der Waals surface area contributed by atoms with Crippen LogP contribution in [0.5, 0.6) is 0 Å². The summed E-state index contributed by atoms with van der Waals surface area (Å²) in [6.07, 6.45) is 3.69. The van der Waals surface area contributed by atoms with E-state index >= 15 is 0 Å². The quantitative estimate of drug-likeness (QED) is 0.127. The number of alkyl halides is 3. The second kappa shape index (κ2) is 12.6. The maximum Gasteiger partial charge on any atom is 0.449 e. The number of hydrogen-bond donors (Lipinski definition) is 0. The van der Waals surface area contributed by atoms with Crippen LogP contribution in [0.3, 0.4) is 0 Å². The van der Waals surface area contributed by atoms with Gasteiger partial charge >= 0.3 is 6.18 Å². The van der Waals surface area contributed by atoms with Gasteiger partial charge in [0.15, 0.2) is 23.5 Å². The summed E-state index contributed by atoms with van der Waals surface area (Å²) in [6, 6.07) is 0. The van der Waals surface area contributed by atoms with Gasteiger partial charge in [0.25, 0.3) is 0 Å². The van der Waals surface area contributed by atoms with Crippen LogP contribution >= 0.6 is 0 Å². The molecule has 14 atom stereocenters. The highest BCUT2D eigenvalue weighted by atomic mass is 19.4. The van der Waals surface area contributed by atoms with Crippen molar-refractivity contribution in [3.63, 3.8) is 0 Å². The van der Waals surface area contributed by atoms with Gasteiger partial charge in [0.2, 0.25) is 17.8 Å². The van der Waals surface area contributed by atoms with Crippen molar-refractivity contribution < 1.29 is 51.4 Å². The smallest absolute Gasteiger partial charge is 0.449 e. The second-order valence-corrected chi connectivity index (χ2v) is 17.7. The highest BCUT2D eigenvalue weighted by Gasteiger charge is 2.73. The van der Waals surface area contributed by atoms with Crippen LogP contribution in [0, 0.1) is 41.4 Å². The first-order valence-electron chi connectivity index (χ1n) is 19.6. The molecule has 9 aliphatic rings. The first kappa shape index (κ1) is 36.7. The molecule has 2 aliphatic carbocycles. The largest absolute Gasteiger partial charge is 0.456 e. The van der Waals surface area contributed by atoms with Gasteiger partial charge in [-0.25, -0.2) is 9.78 Å². The van der Waals surface area contributed by atoms with Crippen molar-refractivity contribution in [2.75, 3.05) is 26.2 Å². The van der Waals surface area contributed by atoms with E-state index < -0.39 is 59.0 Å². The molecule has 0 unspecified atom stereocenters. The van der Waals surface area contributed by atoms with Crippen molar-refractivity contribution in [3.8, 4) is 0 Å². The standard InChI is InChI=1S/C39H58F3NO8/c1-8-19-43(22-26-30-14-12-23(2)27-15-17-34(5)46-32(37(27,30)49-34)45-31(26)39(40,41)42)20-9-10-21-44-36(7)25(4)29-13-11-24(3)28-16-18-35(6)47-33(48-36)38(28,29)51-50-35/h8,23-25,27-30,32-33H,1,9-22H2,2-7H3/t23-,24-,25-,27+,28+,29+,30+,32-,33+,34-,35-,36+,37-,38-/m1/s1. The van der Waals surface area contributed by atoms with Crippen molar-refractivity contribution in [2.24, 2.45) is 41.4 Å². The highest BCUT2D eigenvalue weighted by molar-refractivity contribution is 5.30. The summed E-state index contributed by atoms with van der Waals surface area (Å²) in [5, 5.41) is 0. The lowest BCUT2D eigenvalue weighted by molar-refractivity contribution is -0.585. The lowest BCUT2D eigenvalue weighted by atomic mass is 9.57. The Morgan fingerprint density at radius 2 is 1.51 bits per heavy atom. The Labute approximate surface area is 300 Å². The summed E-state index contributed by atoms with van der Waals surface area (Å²) in [4.78, 5) is 14.3. The maximum atomic E-state index is 14.7. The average molecular weight is 726 g/mol. The summed E-state index contributed by atoms with van der Waals surface area (Å²) in [6.45, 7) is 18.0. The Bertz CT molecular complexity index is 1400. The van der Waals surface area contributed by atoms with E-state index in [4.69, 9.17) is 38.2 Å². The predicted octanol–water partition coefficient (Wildman–Crippen LogP) is 8.00. The van der Waals surface area contributed by atoms with E-state index in [0.717, 1.165) is 44.9 Å². The first-order chi connectivity index (χ1) is 24.1. The van der Waals surface area contributed by atoms with Crippen LogP contribution in [0.25, 0.3) is 0 Å². The van der Waals surface area contributed by atoms with Gasteiger partial charge in [-0.1, -0.05) is 26.8 Å². The minimum atomic E-state index is -4.64. The third-order valence-electron chi connectivity index (χ3n) is 14.5. The van der Waals surface area contributed by atoms with Crippen LogP contribution < -0.4 is 0 Å². The number of nitrogens with zero attached hydrogens (tertiary/aromatic N) is 1. The minimum absolute atomic E-state index is 0.0309. The molecule has 0 aromatic rings. The number of ether oxygens (including phenoxy) is 6. The van der Waals surface area contributed by atoms with Gasteiger partial charge in [0.05, 0.1) is 6.61 Å². The molecular weight excluding hydrogens is 667 g/mol. The Kier molecular flexibility index (Phi) is 9.10. The predicted molar refractivity (Wildman–Crippen MR) is 179 cm³/mol. The molecule has 4 bridgehead atoms. The van der Waals surface area contributed by atoms with E-state index in [1.807, 2.05) is 25.7 Å². The van der Waals surface area contributed by atoms with Crippen LogP contribution in [0.4, 0.5) is 13.2 Å². The molecule has 7 aliphatic heterocycles. The van der Waals surface area contributed by atoms with Gasteiger partial charge in [-0.05, 0) is 108 Å². The van der Waals surface area contributed by atoms with E-state index in [9.17, 15) is 13.2 Å². The zero-order chi connectivity index (χ0) is 36.2. The Balaban J connectivity index is 0.945. The number of rotatable bonds is 10. The Morgan fingerprint density at radius 3 is 2.24 bits per heavy atom. The molecular formula is C39H58F3NO8. The molecule has 7 heterocycles. The zero-order valence-electron chi connectivity index (χ0n) is 31.2. The fourth-order valence-corrected chi connectivity index (χ4v) is 11.8. The molecule has 0 radical (unpaired) electrons. The number of fused-ring (bicyclic) bond motifs is 3. The van der Waals surface area contributed by atoms with Gasteiger partial charge in [-0.15, -0.1) is 6.58 Å². The molecule has 9 nitrogen and oxygen atoms in total. The molecule has 0 N–H and O–H groups in total. The number of allylic oxidation sites excluding steroid dienone is 1. The summed E-state index contributed by atoms with van der Waals surface area (Å²) >= 11 is 0. The van der Waals surface area contributed by atoms with Crippen LogP contribution in [0.1, 0.15) is 106 Å². The van der Waals surface area contributed by atoms with Crippen molar-refractivity contribution in [1.82, 2.24) is 4.90 Å². The minimum Gasteiger partial charge on any atom is -0.456 e. The summed E-state index contributed by atoms with van der Waals surface area (Å²) in [5.41, 5.74) is -1.28. The normalized spacial score (nSPS) is 50.0. The molecule has 288 valence electrons. The van der Waals surface area contributed by atoms with Crippen LogP contribution in [-0.2, 0) is 38.2 Å². The molecule has 2 saturated carbocycles. The highest BCUT2D eigenvalue weighted by Crippen LogP contribution is 2.65. The van der Waals surface area contributed by atoms with E-state index in [-0.39, 0.29) is 35.8 Å². The molecule has 12 heteroatoms. The third-order valence-corrected chi connectivity index (χ3v) is 14.5. The SMILES string of the molecule is C=CCN(CCCCO[C@@]1(C)O[C@@H]2O[C@@]3(C)CC[C@H]4[C@H](C)CC[C@@H]([C@H]1C)[C@@]24OO3)CC1=C(C(F)(F)F)O[C@@H]2O[C@@]3(C)CC[C@H]4[C@H](C)CC[C@@H]1[C@@]24O3. The molecule has 0 amide bonds. The van der Waals surface area contributed by atoms with E-state index in [1.54, 1.807) is 6.08 Å². The molecule has 9 rings (SSSR count). The van der Waals surface area contributed by atoms with E-state index in [0.29, 0.717) is 50.8 Å².